The van der Waals surface area contributed by atoms with Crippen molar-refractivity contribution in [2.75, 3.05) is 6.61 Å². The lowest BCUT2D eigenvalue weighted by Crippen LogP contribution is -2.27. The predicted octanol–water partition coefficient (Wildman–Crippen LogP) is 5.76. The van der Waals surface area contributed by atoms with E-state index in [2.05, 4.69) is 0 Å². The van der Waals surface area contributed by atoms with E-state index in [1.54, 1.807) is 25.1 Å². The topological polar surface area (TPSA) is 116 Å². The second kappa shape index (κ2) is 11.1. The molecule has 0 radical (unpaired) electrons. The third kappa shape index (κ3) is 5.87. The molecule has 0 aromatic heterocycles. The molecule has 1 aliphatic rings. The zero-order chi connectivity index (χ0) is 26.5. The number of nitro groups is 1. The van der Waals surface area contributed by atoms with Gasteiger partial charge in [0.15, 0.2) is 11.5 Å². The Labute approximate surface area is 216 Å². The second-order valence-electron chi connectivity index (χ2n) is 8.03. The Morgan fingerprint density at radius 3 is 2.57 bits per heavy atom. The number of hydrogen-bond acceptors (Lipinski definition) is 8. The number of carbonyl (C=O) groups is 3. The standard InChI is InChI=1S/C27H22N2O7S/c1-3-35-23-13-18(11-12-22(23)36-26(31)19-9-6-10-21(15-19)29(33)34)14-24-25(30)28(27(32)37-24)16-20-8-5-4-7-17(20)2/h4-15H,3,16H2,1-2H3/b24-14-. The summed E-state index contributed by atoms with van der Waals surface area (Å²) >= 11 is 0.854. The summed E-state index contributed by atoms with van der Waals surface area (Å²) in [6, 6.07) is 17.5. The van der Waals surface area contributed by atoms with E-state index >= 15 is 0 Å². The minimum absolute atomic E-state index is 0.0167. The van der Waals surface area contributed by atoms with Gasteiger partial charge in [-0.05, 0) is 66.6 Å². The molecular weight excluding hydrogens is 496 g/mol. The van der Waals surface area contributed by atoms with Crippen molar-refractivity contribution >= 4 is 40.6 Å². The van der Waals surface area contributed by atoms with Gasteiger partial charge in [0.1, 0.15) is 0 Å². The summed E-state index contributed by atoms with van der Waals surface area (Å²) in [4.78, 5) is 50.0. The zero-order valence-corrected chi connectivity index (χ0v) is 20.8. The largest absolute Gasteiger partial charge is 0.490 e. The number of esters is 1. The summed E-state index contributed by atoms with van der Waals surface area (Å²) in [5.74, 6) is -0.815. The van der Waals surface area contributed by atoms with Crippen LogP contribution in [0.15, 0.2) is 71.6 Å². The molecule has 1 aliphatic heterocycles. The van der Waals surface area contributed by atoms with Crippen molar-refractivity contribution < 1.29 is 28.8 Å². The normalized spacial score (nSPS) is 14.2. The third-order valence-corrected chi connectivity index (χ3v) is 6.43. The number of non-ortho nitro benzene ring substituents is 1. The van der Waals surface area contributed by atoms with E-state index < -0.39 is 16.8 Å². The lowest BCUT2D eigenvalue weighted by atomic mass is 10.1. The third-order valence-electron chi connectivity index (χ3n) is 5.52. The van der Waals surface area contributed by atoms with Crippen molar-refractivity contribution in [3.05, 3.63) is 104 Å². The van der Waals surface area contributed by atoms with E-state index in [1.807, 2.05) is 31.2 Å². The maximum atomic E-state index is 13.0. The fraction of sp³-hybridized carbons (Fsp3) is 0.148. The highest BCUT2D eigenvalue weighted by Gasteiger charge is 2.35. The van der Waals surface area contributed by atoms with Crippen molar-refractivity contribution in [1.29, 1.82) is 0 Å². The second-order valence-corrected chi connectivity index (χ2v) is 9.02. The molecule has 9 nitrogen and oxygen atoms in total. The molecule has 0 saturated carbocycles. The van der Waals surface area contributed by atoms with Gasteiger partial charge in [0.25, 0.3) is 16.8 Å². The molecule has 37 heavy (non-hydrogen) atoms. The first-order valence-corrected chi connectivity index (χ1v) is 12.1. The van der Waals surface area contributed by atoms with Gasteiger partial charge in [0, 0.05) is 12.1 Å². The highest BCUT2D eigenvalue weighted by Crippen LogP contribution is 2.36. The number of thioether (sulfide) groups is 1. The van der Waals surface area contributed by atoms with Gasteiger partial charge < -0.3 is 9.47 Å². The van der Waals surface area contributed by atoms with Gasteiger partial charge >= 0.3 is 5.97 Å². The molecule has 0 unspecified atom stereocenters. The van der Waals surface area contributed by atoms with E-state index in [-0.39, 0.29) is 46.0 Å². The van der Waals surface area contributed by atoms with Crippen molar-refractivity contribution in [3.8, 4) is 11.5 Å². The Morgan fingerprint density at radius 2 is 1.84 bits per heavy atom. The van der Waals surface area contributed by atoms with E-state index in [0.717, 1.165) is 29.0 Å². The fourth-order valence-corrected chi connectivity index (χ4v) is 4.46. The average Bonchev–Trinajstić information content (AvgIpc) is 3.14. The molecule has 1 saturated heterocycles. The van der Waals surface area contributed by atoms with Crippen LogP contribution < -0.4 is 9.47 Å². The molecular formula is C27H22N2O7S. The van der Waals surface area contributed by atoms with Crippen LogP contribution in [0.1, 0.15) is 34.0 Å². The molecule has 0 bridgehead atoms. The van der Waals surface area contributed by atoms with Crippen LogP contribution in [0.2, 0.25) is 0 Å². The molecule has 10 heteroatoms. The average molecular weight is 519 g/mol. The maximum Gasteiger partial charge on any atom is 0.343 e. The number of rotatable bonds is 8. The van der Waals surface area contributed by atoms with Gasteiger partial charge in [-0.1, -0.05) is 36.4 Å². The molecule has 1 fully saturated rings. The van der Waals surface area contributed by atoms with Crippen molar-refractivity contribution in [3.63, 3.8) is 0 Å². The highest BCUT2D eigenvalue weighted by molar-refractivity contribution is 8.18. The molecule has 2 amide bonds. The number of aryl methyl sites for hydroxylation is 1. The summed E-state index contributed by atoms with van der Waals surface area (Å²) in [5.41, 5.74) is 2.23. The van der Waals surface area contributed by atoms with Crippen molar-refractivity contribution in [2.45, 2.75) is 20.4 Å². The molecule has 1 heterocycles. The van der Waals surface area contributed by atoms with Gasteiger partial charge in [-0.2, -0.15) is 0 Å². The van der Waals surface area contributed by atoms with E-state index in [9.17, 15) is 24.5 Å². The Balaban J connectivity index is 1.55. The minimum atomic E-state index is -0.783. The van der Waals surface area contributed by atoms with Crippen molar-refractivity contribution in [1.82, 2.24) is 4.90 Å². The molecule has 0 spiro atoms. The lowest BCUT2D eigenvalue weighted by Gasteiger charge is -2.14. The van der Waals surface area contributed by atoms with Crippen LogP contribution in [0.25, 0.3) is 6.08 Å². The SMILES string of the molecule is CCOc1cc(/C=C2\SC(=O)N(Cc3ccccc3C)C2=O)ccc1OC(=O)c1cccc([N+](=O)[O-])c1. The van der Waals surface area contributed by atoms with Crippen LogP contribution >= 0.6 is 11.8 Å². The number of imide groups is 1. The Kier molecular flexibility index (Phi) is 7.69. The van der Waals surface area contributed by atoms with Gasteiger partial charge in [-0.25, -0.2) is 4.79 Å². The van der Waals surface area contributed by atoms with Crippen LogP contribution in [0.5, 0.6) is 11.5 Å². The number of nitro benzene ring substituents is 1. The number of hydrogen-bond donors (Lipinski definition) is 0. The Morgan fingerprint density at radius 1 is 1.05 bits per heavy atom. The number of benzene rings is 3. The summed E-state index contributed by atoms with van der Waals surface area (Å²) in [7, 11) is 0. The first-order valence-electron chi connectivity index (χ1n) is 11.3. The first-order chi connectivity index (χ1) is 17.8. The quantitative estimate of drug-likeness (QED) is 0.122. The van der Waals surface area contributed by atoms with Gasteiger partial charge in [0.05, 0.1) is 28.5 Å². The highest BCUT2D eigenvalue weighted by atomic mass is 32.2. The predicted molar refractivity (Wildman–Crippen MR) is 138 cm³/mol. The van der Waals surface area contributed by atoms with E-state index in [1.165, 1.54) is 29.2 Å². The Bertz CT molecular complexity index is 1430. The first kappa shape index (κ1) is 25.6. The van der Waals surface area contributed by atoms with Crippen LogP contribution in [0.3, 0.4) is 0 Å². The monoisotopic (exact) mass is 518 g/mol. The van der Waals surface area contributed by atoms with Crippen LogP contribution in [-0.4, -0.2) is 33.5 Å². The summed E-state index contributed by atoms with van der Waals surface area (Å²) in [6.45, 7) is 4.14. The number of ether oxygens (including phenoxy) is 2. The number of carbonyl (C=O) groups excluding carboxylic acids is 3. The van der Waals surface area contributed by atoms with Crippen LogP contribution in [0, 0.1) is 17.0 Å². The number of amides is 2. The molecule has 0 N–H and O–H groups in total. The van der Waals surface area contributed by atoms with Gasteiger partial charge in [-0.3, -0.25) is 24.6 Å². The molecule has 3 aromatic rings. The molecule has 3 aromatic carbocycles. The van der Waals surface area contributed by atoms with E-state index in [4.69, 9.17) is 9.47 Å². The van der Waals surface area contributed by atoms with Gasteiger partial charge in [-0.15, -0.1) is 0 Å². The Hall–Kier alpha value is -4.44. The van der Waals surface area contributed by atoms with Crippen LogP contribution in [0.4, 0.5) is 10.5 Å². The minimum Gasteiger partial charge on any atom is -0.490 e. The van der Waals surface area contributed by atoms with Crippen molar-refractivity contribution in [2.24, 2.45) is 0 Å². The van der Waals surface area contributed by atoms with E-state index in [0.29, 0.717) is 5.56 Å². The summed E-state index contributed by atoms with van der Waals surface area (Å²) < 4.78 is 11.1. The zero-order valence-electron chi connectivity index (χ0n) is 20.0. The molecule has 0 aliphatic carbocycles. The fourth-order valence-electron chi connectivity index (χ4n) is 3.62. The molecule has 0 atom stereocenters. The maximum absolute atomic E-state index is 13.0. The van der Waals surface area contributed by atoms with Gasteiger partial charge in [0.2, 0.25) is 0 Å². The summed E-state index contributed by atoms with van der Waals surface area (Å²) in [6.07, 6.45) is 1.58. The smallest absolute Gasteiger partial charge is 0.343 e. The van der Waals surface area contributed by atoms with Crippen LogP contribution in [-0.2, 0) is 11.3 Å². The number of nitrogens with zero attached hydrogens (tertiary/aromatic N) is 2. The molecule has 188 valence electrons. The summed E-state index contributed by atoms with van der Waals surface area (Å²) in [5, 5.41) is 10.6. The lowest BCUT2D eigenvalue weighted by molar-refractivity contribution is -0.384. The molecule has 4 rings (SSSR count).